The number of carbonyl (C=O) groups is 1. The molecule has 1 saturated heterocycles. The Bertz CT molecular complexity index is 1080. The molecule has 1 fully saturated rings. The highest BCUT2D eigenvalue weighted by molar-refractivity contribution is 6.35. The number of halogens is 2. The van der Waals surface area contributed by atoms with Crippen LogP contribution in [0.4, 0.5) is 11.5 Å². The summed E-state index contributed by atoms with van der Waals surface area (Å²) >= 11 is 12.4. The van der Waals surface area contributed by atoms with Crippen LogP contribution in [0.15, 0.2) is 36.8 Å². The van der Waals surface area contributed by atoms with Crippen LogP contribution in [0.2, 0.25) is 10.0 Å². The lowest BCUT2D eigenvalue weighted by atomic mass is 9.95. The second-order valence-electron chi connectivity index (χ2n) is 8.62. The number of nitrogens with one attached hydrogen (secondary N) is 3. The Morgan fingerprint density at radius 3 is 2.82 bits per heavy atom. The third-order valence-electron chi connectivity index (χ3n) is 6.30. The van der Waals surface area contributed by atoms with Gasteiger partial charge in [-0.25, -0.2) is 9.97 Å². The van der Waals surface area contributed by atoms with E-state index in [2.05, 4.69) is 39.4 Å². The number of unbranched alkanes of at least 4 members (excludes halogenated alkanes) is 1. The maximum atomic E-state index is 13.7. The van der Waals surface area contributed by atoms with Crippen molar-refractivity contribution in [1.82, 2.24) is 19.9 Å². The van der Waals surface area contributed by atoms with Crippen molar-refractivity contribution in [3.63, 3.8) is 0 Å². The molecule has 0 radical (unpaired) electrons. The summed E-state index contributed by atoms with van der Waals surface area (Å²) in [5, 5.41) is 9.01. The standard InChI is InChI=1S/C24H30Cl2N6O/c1-3-4-6-21(30-18-12-16(25)11-17(26)13-18)24(33)32-10-5-7-20(15(32)2)31-23-19-8-9-27-22(19)28-14-29-23/h8-9,11-15,20-21,30H,3-7,10H2,1-2H3,(H2,27,28,29,31)/t15?,20?,21-/m1/s1. The number of hydrogen-bond donors (Lipinski definition) is 3. The Morgan fingerprint density at radius 2 is 2.06 bits per heavy atom. The Balaban J connectivity index is 1.51. The maximum absolute atomic E-state index is 13.7. The van der Waals surface area contributed by atoms with Crippen molar-refractivity contribution in [3.05, 3.63) is 46.8 Å². The summed E-state index contributed by atoms with van der Waals surface area (Å²) in [5.74, 6) is 0.898. The minimum absolute atomic E-state index is 0.0177. The number of fused-ring (bicyclic) bond motifs is 1. The number of piperidine rings is 1. The summed E-state index contributed by atoms with van der Waals surface area (Å²) in [6.07, 6.45) is 8.03. The van der Waals surface area contributed by atoms with Crippen LogP contribution in [0, 0.1) is 0 Å². The van der Waals surface area contributed by atoms with E-state index in [9.17, 15) is 4.79 Å². The van der Waals surface area contributed by atoms with Crippen molar-refractivity contribution in [1.29, 1.82) is 0 Å². The van der Waals surface area contributed by atoms with E-state index in [0.29, 0.717) is 10.0 Å². The Morgan fingerprint density at radius 1 is 1.27 bits per heavy atom. The maximum Gasteiger partial charge on any atom is 0.245 e. The first-order chi connectivity index (χ1) is 16.0. The van der Waals surface area contributed by atoms with Gasteiger partial charge in [0.25, 0.3) is 0 Å². The van der Waals surface area contributed by atoms with E-state index in [4.69, 9.17) is 23.2 Å². The fraction of sp³-hybridized carbons (Fsp3) is 0.458. The van der Waals surface area contributed by atoms with E-state index in [1.165, 1.54) is 0 Å². The van der Waals surface area contributed by atoms with Crippen LogP contribution < -0.4 is 10.6 Å². The molecule has 4 rings (SSSR count). The molecule has 1 aromatic carbocycles. The van der Waals surface area contributed by atoms with Gasteiger partial charge in [-0.1, -0.05) is 43.0 Å². The molecule has 3 aromatic rings. The fourth-order valence-corrected chi connectivity index (χ4v) is 5.04. The predicted octanol–water partition coefficient (Wildman–Crippen LogP) is 5.73. The lowest BCUT2D eigenvalue weighted by Gasteiger charge is -2.41. The van der Waals surface area contributed by atoms with E-state index in [1.54, 1.807) is 24.5 Å². The second-order valence-corrected chi connectivity index (χ2v) is 9.50. The fourth-order valence-electron chi connectivity index (χ4n) is 4.51. The number of rotatable bonds is 8. The van der Waals surface area contributed by atoms with Gasteiger partial charge in [-0.05, 0) is 50.5 Å². The molecule has 0 saturated carbocycles. The molecule has 0 spiro atoms. The van der Waals surface area contributed by atoms with E-state index in [1.807, 2.05) is 17.2 Å². The third-order valence-corrected chi connectivity index (χ3v) is 6.73. The number of benzene rings is 1. The van der Waals surface area contributed by atoms with E-state index >= 15 is 0 Å². The van der Waals surface area contributed by atoms with Gasteiger partial charge in [0.05, 0.1) is 5.39 Å². The largest absolute Gasteiger partial charge is 0.374 e. The van der Waals surface area contributed by atoms with Crippen LogP contribution in [0.1, 0.15) is 46.0 Å². The molecule has 7 nitrogen and oxygen atoms in total. The number of nitrogens with zero attached hydrogens (tertiary/aromatic N) is 3. The molecule has 1 amide bonds. The highest BCUT2D eigenvalue weighted by Crippen LogP contribution is 2.27. The zero-order valence-corrected chi connectivity index (χ0v) is 20.5. The monoisotopic (exact) mass is 488 g/mol. The van der Waals surface area contributed by atoms with Crippen LogP contribution in [-0.4, -0.2) is 50.4 Å². The molecule has 176 valence electrons. The number of likely N-dealkylation sites (tertiary alicyclic amines) is 1. The number of aromatic amines is 1. The number of carbonyl (C=O) groups excluding carboxylic acids is 1. The zero-order valence-electron chi connectivity index (χ0n) is 18.9. The lowest BCUT2D eigenvalue weighted by molar-refractivity contribution is -0.135. The predicted molar refractivity (Wildman–Crippen MR) is 135 cm³/mol. The summed E-state index contributed by atoms with van der Waals surface area (Å²) < 4.78 is 0. The molecule has 3 heterocycles. The van der Waals surface area contributed by atoms with Crippen molar-refractivity contribution in [2.45, 2.75) is 64.1 Å². The molecule has 33 heavy (non-hydrogen) atoms. The number of hydrogen-bond acceptors (Lipinski definition) is 5. The number of H-pyrrole nitrogens is 1. The van der Waals surface area contributed by atoms with Crippen molar-refractivity contribution >= 4 is 51.6 Å². The SMILES string of the molecule is CCCC[C@@H](Nc1cc(Cl)cc(Cl)c1)C(=O)N1CCCC(Nc2ncnc3[nH]ccc23)C1C. The van der Waals surface area contributed by atoms with E-state index < -0.39 is 0 Å². The second kappa shape index (κ2) is 10.6. The van der Waals surface area contributed by atoms with Gasteiger partial charge in [0.2, 0.25) is 5.91 Å². The quantitative estimate of drug-likeness (QED) is 0.377. The first kappa shape index (κ1) is 23.6. The smallest absolute Gasteiger partial charge is 0.245 e. The molecule has 3 N–H and O–H groups in total. The van der Waals surface area contributed by atoms with E-state index in [-0.39, 0.29) is 24.0 Å². The Labute approximate surface area is 204 Å². The molecule has 3 atom stereocenters. The number of amides is 1. The Kier molecular flexibility index (Phi) is 7.60. The summed E-state index contributed by atoms with van der Waals surface area (Å²) in [6, 6.07) is 7.05. The normalized spacial score (nSPS) is 19.5. The van der Waals surface area contributed by atoms with Gasteiger partial charge in [-0.2, -0.15) is 0 Å². The zero-order chi connectivity index (χ0) is 23.4. The molecule has 1 aliphatic rings. The molecule has 2 aromatic heterocycles. The molecular formula is C24H30Cl2N6O. The molecule has 1 aliphatic heterocycles. The number of anilines is 2. The van der Waals surface area contributed by atoms with E-state index in [0.717, 1.165) is 61.2 Å². The molecule has 9 heteroatoms. The van der Waals surface area contributed by atoms with Gasteiger partial charge < -0.3 is 20.5 Å². The van der Waals surface area contributed by atoms with Gasteiger partial charge in [0.1, 0.15) is 23.8 Å². The lowest BCUT2D eigenvalue weighted by Crippen LogP contribution is -2.55. The highest BCUT2D eigenvalue weighted by Gasteiger charge is 2.34. The molecule has 0 aliphatic carbocycles. The highest BCUT2D eigenvalue weighted by atomic mass is 35.5. The van der Waals surface area contributed by atoms with Crippen molar-refractivity contribution in [2.75, 3.05) is 17.2 Å². The molecular weight excluding hydrogens is 459 g/mol. The van der Waals surface area contributed by atoms with Crippen molar-refractivity contribution < 1.29 is 4.79 Å². The molecule has 2 unspecified atom stereocenters. The van der Waals surface area contributed by atoms with Crippen LogP contribution in [-0.2, 0) is 4.79 Å². The minimum Gasteiger partial charge on any atom is -0.374 e. The van der Waals surface area contributed by atoms with Crippen LogP contribution in [0.25, 0.3) is 11.0 Å². The average Bonchev–Trinajstić information content (AvgIpc) is 3.27. The Hall–Kier alpha value is -2.51. The summed E-state index contributed by atoms with van der Waals surface area (Å²) in [4.78, 5) is 27.5. The summed E-state index contributed by atoms with van der Waals surface area (Å²) in [5.41, 5.74) is 1.56. The first-order valence-electron chi connectivity index (χ1n) is 11.5. The van der Waals surface area contributed by atoms with Crippen molar-refractivity contribution in [3.8, 4) is 0 Å². The number of aromatic nitrogens is 3. The van der Waals surface area contributed by atoms with Gasteiger partial charge in [0.15, 0.2) is 0 Å². The first-order valence-corrected chi connectivity index (χ1v) is 12.3. The summed E-state index contributed by atoms with van der Waals surface area (Å²) in [6.45, 7) is 4.98. The van der Waals surface area contributed by atoms with Crippen molar-refractivity contribution in [2.24, 2.45) is 0 Å². The average molecular weight is 489 g/mol. The third kappa shape index (κ3) is 5.53. The van der Waals surface area contributed by atoms with Gasteiger partial charge in [0, 0.05) is 40.6 Å². The van der Waals surface area contributed by atoms with Crippen LogP contribution in [0.5, 0.6) is 0 Å². The topological polar surface area (TPSA) is 85.9 Å². The van der Waals surface area contributed by atoms with Gasteiger partial charge in [-0.3, -0.25) is 4.79 Å². The van der Waals surface area contributed by atoms with Crippen LogP contribution in [0.3, 0.4) is 0 Å². The van der Waals surface area contributed by atoms with Gasteiger partial charge >= 0.3 is 0 Å². The van der Waals surface area contributed by atoms with Gasteiger partial charge in [-0.15, -0.1) is 0 Å². The minimum atomic E-state index is -0.337. The van der Waals surface area contributed by atoms with Crippen LogP contribution >= 0.6 is 23.2 Å². The summed E-state index contributed by atoms with van der Waals surface area (Å²) in [7, 11) is 0. The molecule has 0 bridgehead atoms.